The number of carbonyl (C=O) groups is 1. The van der Waals surface area contributed by atoms with Crippen molar-refractivity contribution in [2.24, 2.45) is 0 Å². The maximum Gasteiger partial charge on any atom is 0.276 e. The molecule has 1 aliphatic heterocycles. The Morgan fingerprint density at radius 1 is 1.38 bits per heavy atom. The number of benzene rings is 1. The van der Waals surface area contributed by atoms with Crippen LogP contribution in [-0.2, 0) is 6.54 Å². The second kappa shape index (κ2) is 6.05. The summed E-state index contributed by atoms with van der Waals surface area (Å²) >= 11 is 0. The molecule has 1 aromatic carbocycles. The average molecular weight is 285 g/mol. The average Bonchev–Trinajstić information content (AvgIpc) is 2.97. The van der Waals surface area contributed by atoms with Gasteiger partial charge in [0.1, 0.15) is 0 Å². The Morgan fingerprint density at radius 2 is 2.19 bits per heavy atom. The van der Waals surface area contributed by atoms with Crippen molar-refractivity contribution < 1.29 is 4.79 Å². The van der Waals surface area contributed by atoms with Gasteiger partial charge in [0.25, 0.3) is 5.91 Å². The van der Waals surface area contributed by atoms with E-state index in [2.05, 4.69) is 15.6 Å². The Morgan fingerprint density at radius 3 is 2.95 bits per heavy atom. The van der Waals surface area contributed by atoms with Crippen molar-refractivity contribution in [3.05, 3.63) is 47.8 Å². The first-order chi connectivity index (χ1) is 10.2. The van der Waals surface area contributed by atoms with Gasteiger partial charge in [-0.1, -0.05) is 35.5 Å². The summed E-state index contributed by atoms with van der Waals surface area (Å²) in [6.45, 7) is 5.03. The number of carbonyl (C=O) groups excluding carboxylic acids is 1. The van der Waals surface area contributed by atoms with E-state index >= 15 is 0 Å². The molecule has 0 spiro atoms. The Balaban J connectivity index is 1.71. The number of aromatic nitrogens is 3. The number of nitrogens with one attached hydrogen (secondary N) is 1. The molecule has 6 heteroatoms. The molecule has 2 heterocycles. The van der Waals surface area contributed by atoms with E-state index in [1.165, 1.54) is 0 Å². The SMILES string of the molecule is CC1CNCCN1C(=O)c1cn(Cc2ccccc2)nn1. The van der Waals surface area contributed by atoms with Crippen molar-refractivity contribution in [3.63, 3.8) is 0 Å². The molecule has 1 atom stereocenters. The number of piperazine rings is 1. The van der Waals surface area contributed by atoms with E-state index in [-0.39, 0.29) is 11.9 Å². The molecule has 6 nitrogen and oxygen atoms in total. The van der Waals surface area contributed by atoms with Crippen molar-refractivity contribution in [1.29, 1.82) is 0 Å². The molecule has 0 saturated carbocycles. The fraction of sp³-hybridized carbons (Fsp3) is 0.400. The molecule has 1 amide bonds. The number of hydrogen-bond acceptors (Lipinski definition) is 4. The lowest BCUT2D eigenvalue weighted by atomic mass is 10.2. The molecular formula is C15H19N5O. The quantitative estimate of drug-likeness (QED) is 0.904. The smallest absolute Gasteiger partial charge is 0.276 e. The van der Waals surface area contributed by atoms with E-state index < -0.39 is 0 Å². The van der Waals surface area contributed by atoms with E-state index in [1.807, 2.05) is 42.2 Å². The summed E-state index contributed by atoms with van der Waals surface area (Å²) < 4.78 is 1.70. The number of nitrogens with zero attached hydrogens (tertiary/aromatic N) is 4. The lowest BCUT2D eigenvalue weighted by Crippen LogP contribution is -2.52. The fourth-order valence-electron chi connectivity index (χ4n) is 2.53. The van der Waals surface area contributed by atoms with Crippen LogP contribution in [0.1, 0.15) is 23.0 Å². The summed E-state index contributed by atoms with van der Waals surface area (Å²) in [5, 5.41) is 11.4. The molecule has 1 fully saturated rings. The third-order valence-electron chi connectivity index (χ3n) is 3.71. The Labute approximate surface area is 123 Å². The second-order valence-corrected chi connectivity index (χ2v) is 5.34. The minimum Gasteiger partial charge on any atom is -0.332 e. The summed E-state index contributed by atoms with van der Waals surface area (Å²) in [6.07, 6.45) is 1.73. The van der Waals surface area contributed by atoms with Crippen LogP contribution in [0.2, 0.25) is 0 Å². The molecular weight excluding hydrogens is 266 g/mol. The molecule has 1 N–H and O–H groups in total. The maximum absolute atomic E-state index is 12.5. The van der Waals surface area contributed by atoms with Gasteiger partial charge in [-0.2, -0.15) is 0 Å². The van der Waals surface area contributed by atoms with Gasteiger partial charge in [0.2, 0.25) is 0 Å². The van der Waals surface area contributed by atoms with Crippen LogP contribution in [0.15, 0.2) is 36.5 Å². The minimum absolute atomic E-state index is 0.0386. The summed E-state index contributed by atoms with van der Waals surface area (Å²) in [4.78, 5) is 14.3. The zero-order valence-corrected chi connectivity index (χ0v) is 12.1. The maximum atomic E-state index is 12.5. The fourth-order valence-corrected chi connectivity index (χ4v) is 2.53. The summed E-state index contributed by atoms with van der Waals surface area (Å²) in [5.41, 5.74) is 1.55. The van der Waals surface area contributed by atoms with E-state index in [4.69, 9.17) is 0 Å². The van der Waals surface area contributed by atoms with Crippen LogP contribution in [0, 0.1) is 0 Å². The van der Waals surface area contributed by atoms with Gasteiger partial charge in [0.15, 0.2) is 5.69 Å². The first kappa shape index (κ1) is 13.8. The van der Waals surface area contributed by atoms with Gasteiger partial charge in [-0.15, -0.1) is 5.10 Å². The molecule has 3 rings (SSSR count). The highest BCUT2D eigenvalue weighted by molar-refractivity contribution is 5.92. The van der Waals surface area contributed by atoms with E-state index in [0.29, 0.717) is 18.8 Å². The molecule has 0 bridgehead atoms. The molecule has 1 aliphatic rings. The van der Waals surface area contributed by atoms with Crippen molar-refractivity contribution in [2.45, 2.75) is 19.5 Å². The van der Waals surface area contributed by atoms with Gasteiger partial charge in [-0.3, -0.25) is 4.79 Å². The summed E-state index contributed by atoms with van der Waals surface area (Å²) in [5.74, 6) is -0.0386. The molecule has 1 saturated heterocycles. The third-order valence-corrected chi connectivity index (χ3v) is 3.71. The third kappa shape index (κ3) is 3.11. The van der Waals surface area contributed by atoms with Crippen molar-refractivity contribution in [3.8, 4) is 0 Å². The van der Waals surface area contributed by atoms with Gasteiger partial charge in [0, 0.05) is 25.7 Å². The molecule has 0 aliphatic carbocycles. The van der Waals surface area contributed by atoms with Gasteiger partial charge in [-0.25, -0.2) is 4.68 Å². The van der Waals surface area contributed by atoms with Gasteiger partial charge in [0.05, 0.1) is 12.7 Å². The van der Waals surface area contributed by atoms with Gasteiger partial charge >= 0.3 is 0 Å². The van der Waals surface area contributed by atoms with E-state index in [1.54, 1.807) is 10.9 Å². The lowest BCUT2D eigenvalue weighted by molar-refractivity contribution is 0.0649. The zero-order chi connectivity index (χ0) is 14.7. The van der Waals surface area contributed by atoms with Crippen molar-refractivity contribution in [2.75, 3.05) is 19.6 Å². The van der Waals surface area contributed by atoms with Crippen LogP contribution in [0.4, 0.5) is 0 Å². The molecule has 110 valence electrons. The highest BCUT2D eigenvalue weighted by Gasteiger charge is 2.25. The lowest BCUT2D eigenvalue weighted by Gasteiger charge is -2.33. The zero-order valence-electron chi connectivity index (χ0n) is 12.1. The molecule has 1 unspecified atom stereocenters. The first-order valence-electron chi connectivity index (χ1n) is 7.20. The minimum atomic E-state index is -0.0386. The predicted octanol–water partition coefficient (Wildman–Crippen LogP) is 0.760. The van der Waals surface area contributed by atoms with Crippen LogP contribution in [0.3, 0.4) is 0 Å². The van der Waals surface area contributed by atoms with Crippen LogP contribution < -0.4 is 5.32 Å². The van der Waals surface area contributed by atoms with Gasteiger partial charge in [-0.05, 0) is 12.5 Å². The number of rotatable bonds is 3. The van der Waals surface area contributed by atoms with Crippen LogP contribution >= 0.6 is 0 Å². The Kier molecular flexibility index (Phi) is 3.96. The Hall–Kier alpha value is -2.21. The largest absolute Gasteiger partial charge is 0.332 e. The molecule has 0 radical (unpaired) electrons. The predicted molar refractivity (Wildman–Crippen MR) is 78.9 cm³/mol. The second-order valence-electron chi connectivity index (χ2n) is 5.34. The van der Waals surface area contributed by atoms with Crippen molar-refractivity contribution in [1.82, 2.24) is 25.2 Å². The summed E-state index contributed by atoms with van der Waals surface area (Å²) in [6, 6.07) is 10.2. The molecule has 2 aromatic rings. The molecule has 21 heavy (non-hydrogen) atoms. The highest BCUT2D eigenvalue weighted by Crippen LogP contribution is 2.09. The van der Waals surface area contributed by atoms with Crippen LogP contribution in [0.5, 0.6) is 0 Å². The normalized spacial score (nSPS) is 18.7. The number of hydrogen-bond donors (Lipinski definition) is 1. The highest BCUT2D eigenvalue weighted by atomic mass is 16.2. The molecule has 1 aromatic heterocycles. The summed E-state index contributed by atoms with van der Waals surface area (Å²) in [7, 11) is 0. The van der Waals surface area contributed by atoms with E-state index in [9.17, 15) is 4.79 Å². The number of amides is 1. The topological polar surface area (TPSA) is 63.1 Å². The monoisotopic (exact) mass is 285 g/mol. The standard InChI is InChI=1S/C15H19N5O/c1-12-9-16-7-8-20(12)15(21)14-11-19(18-17-14)10-13-5-3-2-4-6-13/h2-6,11-12,16H,7-10H2,1H3. The first-order valence-corrected chi connectivity index (χ1v) is 7.20. The van der Waals surface area contributed by atoms with Crippen molar-refractivity contribution >= 4 is 5.91 Å². The van der Waals surface area contributed by atoms with Crippen LogP contribution in [-0.4, -0.2) is 51.5 Å². The Bertz CT molecular complexity index is 610. The van der Waals surface area contributed by atoms with Gasteiger partial charge < -0.3 is 10.2 Å². The van der Waals surface area contributed by atoms with E-state index in [0.717, 1.165) is 18.7 Å². The van der Waals surface area contributed by atoms with Crippen LogP contribution in [0.25, 0.3) is 0 Å².